The molecule has 4 aromatic carbocycles. The van der Waals surface area contributed by atoms with Crippen LogP contribution in [-0.4, -0.2) is 137 Å². The maximum atomic E-state index is 12.8. The molecule has 6 heterocycles. The Kier molecular flexibility index (Phi) is 40.8. The first-order chi connectivity index (χ1) is 42.5. The Morgan fingerprint density at radius 2 is 0.881 bits per heavy atom. The van der Waals surface area contributed by atoms with Gasteiger partial charge >= 0.3 is 0 Å². The van der Waals surface area contributed by atoms with Crippen molar-refractivity contribution in [3.05, 3.63) is 259 Å². The number of Topliss-reactive ketones (excluding diaryl/α,β-unsaturated/α-hetero) is 1. The number of allylic oxidation sites excluding steroid dienone is 16. The zero-order valence-electron chi connectivity index (χ0n) is 59.3. The molecule has 2 saturated heterocycles. The van der Waals surface area contributed by atoms with Gasteiger partial charge in [0, 0.05) is 239 Å². The topological polar surface area (TPSA) is 226 Å². The van der Waals surface area contributed by atoms with Gasteiger partial charge in [0.15, 0.2) is 5.11 Å². The SMILES string of the molecule is C.C.C=C1N(C)C(=O)\C(=C/C=C/C(C#N)=C2/N(C)c3ccccc3C2(C)C)C([O-])N1C.CCN1C(=O)\C(=C/C=C/C(C#N)=C2/N(C)c3ccccc3C2(C)C)C([O-])N(CC)C1=S.CN1/C(=C(C#N)/C=C/C=C2/C(=O)c3ccccc3S2(=O)=O)C(C)(C)c2ccccc21.[B].[B].[B].[CH3-].[CH3-].[CH3-].[Y].[Y].[Y]. The van der Waals surface area contributed by atoms with Crippen LogP contribution in [-0.2, 0) is 134 Å². The molecule has 6 aliphatic heterocycles. The van der Waals surface area contributed by atoms with Crippen molar-refractivity contribution in [3.8, 4) is 18.2 Å². The van der Waals surface area contributed by atoms with Gasteiger partial charge in [-0.2, -0.15) is 15.8 Å². The number of nitriles is 3. The van der Waals surface area contributed by atoms with Crippen molar-refractivity contribution in [3.63, 3.8) is 0 Å². The molecule has 17 nitrogen and oxygen atoms in total. The molecule has 4 aromatic rings. The van der Waals surface area contributed by atoms with Crippen LogP contribution in [0.3, 0.4) is 0 Å². The molecule has 0 aliphatic carbocycles. The van der Waals surface area contributed by atoms with Gasteiger partial charge in [-0.05, 0) is 110 Å². The Bertz CT molecular complexity index is 4270. The zero-order valence-corrected chi connectivity index (χ0v) is 69.5. The number of carbonyl (C=O) groups excluding carboxylic acids is 3. The number of anilines is 3. The summed E-state index contributed by atoms with van der Waals surface area (Å²) >= 11 is 5.30. The number of benzene rings is 4. The fourth-order valence-corrected chi connectivity index (χ4v) is 14.7. The van der Waals surface area contributed by atoms with Crippen LogP contribution >= 0.6 is 12.2 Å². The number of para-hydroxylation sites is 3. The average molecular weight is 1620 g/mol. The number of sulfone groups is 1. The number of thiocarbonyl (C=S) groups is 1. The zero-order chi connectivity index (χ0) is 66.1. The van der Waals surface area contributed by atoms with Crippen LogP contribution in [0.5, 0.6) is 0 Å². The van der Waals surface area contributed by atoms with E-state index in [1.807, 2.05) is 110 Å². The van der Waals surface area contributed by atoms with E-state index in [1.165, 1.54) is 56.0 Å². The smallest absolute Gasteiger partial charge is 0.256 e. The van der Waals surface area contributed by atoms with Crippen molar-refractivity contribution in [2.75, 3.05) is 63.0 Å². The Morgan fingerprint density at radius 1 is 0.545 bits per heavy atom. The third kappa shape index (κ3) is 18.7. The molecule has 25 heteroatoms. The molecular weight excluding hydrogens is 1530 g/mol. The Balaban J connectivity index is -0.000000663. The minimum Gasteiger partial charge on any atom is -0.833 e. The predicted octanol–water partition coefficient (Wildman–Crippen LogP) is 10.8. The maximum Gasteiger partial charge on any atom is 0.256 e. The molecule has 0 saturated carbocycles. The van der Waals surface area contributed by atoms with Crippen LogP contribution in [0.25, 0.3) is 0 Å². The summed E-state index contributed by atoms with van der Waals surface area (Å²) in [6, 6.07) is 37.1. The minimum atomic E-state index is -3.85. The third-order valence-corrected chi connectivity index (χ3v) is 19.7. The van der Waals surface area contributed by atoms with Gasteiger partial charge in [0.1, 0.15) is 28.9 Å². The van der Waals surface area contributed by atoms with Crippen molar-refractivity contribution in [2.45, 2.75) is 104 Å². The van der Waals surface area contributed by atoms with Gasteiger partial charge in [0.05, 0.1) is 21.6 Å². The molecule has 0 bridgehead atoms. The fraction of sp³-hybridized carbons (Fsp3) is 0.289. The van der Waals surface area contributed by atoms with Crippen LogP contribution < -0.4 is 24.9 Å². The Labute approximate surface area is 689 Å². The van der Waals surface area contributed by atoms with E-state index in [1.54, 1.807) is 56.6 Å². The van der Waals surface area contributed by atoms with Crippen molar-refractivity contribution >= 4 is 87.1 Å². The molecule has 2 amide bonds. The molecule has 10 rings (SSSR count). The number of likely N-dealkylation sites (N-methyl/N-ethyl adjacent to an activating group) is 7. The van der Waals surface area contributed by atoms with Crippen LogP contribution in [0.15, 0.2) is 219 Å². The van der Waals surface area contributed by atoms with Crippen molar-refractivity contribution in [2.24, 2.45) is 0 Å². The minimum absolute atomic E-state index is 0. The summed E-state index contributed by atoms with van der Waals surface area (Å²) in [6.45, 7) is 20.7. The summed E-state index contributed by atoms with van der Waals surface area (Å²) in [5.74, 6) is -0.913. The van der Waals surface area contributed by atoms with E-state index in [0.717, 1.165) is 50.8 Å². The van der Waals surface area contributed by atoms with E-state index >= 15 is 0 Å². The third-order valence-electron chi connectivity index (χ3n) is 17.4. The summed E-state index contributed by atoms with van der Waals surface area (Å²) in [7, 11) is 5.15. The van der Waals surface area contributed by atoms with Gasteiger partial charge in [-0.1, -0.05) is 160 Å². The molecular formula is C76H89B3N10O7S2Y3-5. The quantitative estimate of drug-likeness (QED) is 0.0525. The van der Waals surface area contributed by atoms with Gasteiger partial charge in [-0.15, -0.1) is 0 Å². The first-order valence-electron chi connectivity index (χ1n) is 29.2. The second-order valence-electron chi connectivity index (χ2n) is 23.6. The number of ketones is 1. The number of hydrogen-bond donors (Lipinski definition) is 0. The number of nitrogens with zero attached hydrogens (tertiary/aromatic N) is 10. The molecule has 520 valence electrons. The number of hydrogen-bond acceptors (Lipinski definition) is 15. The molecule has 6 aliphatic rings. The first-order valence-corrected chi connectivity index (χ1v) is 31.0. The van der Waals surface area contributed by atoms with Crippen LogP contribution in [0, 0.1) is 56.3 Å². The molecule has 0 aromatic heterocycles. The Morgan fingerprint density at radius 3 is 1.22 bits per heavy atom. The normalized spacial score (nSPS) is 20.7. The second-order valence-corrected chi connectivity index (χ2v) is 25.9. The van der Waals surface area contributed by atoms with Crippen molar-refractivity contribution in [1.82, 2.24) is 19.6 Å². The van der Waals surface area contributed by atoms with E-state index < -0.39 is 28.1 Å². The number of rotatable bonds is 8. The van der Waals surface area contributed by atoms with Gasteiger partial charge in [-0.25, -0.2) is 8.42 Å². The van der Waals surface area contributed by atoms with Crippen molar-refractivity contribution in [1.29, 1.82) is 15.8 Å². The summed E-state index contributed by atoms with van der Waals surface area (Å²) in [4.78, 5) is 49.3. The first kappa shape index (κ1) is 101. The van der Waals surface area contributed by atoms with Crippen LogP contribution in [0.4, 0.5) is 17.1 Å². The summed E-state index contributed by atoms with van der Waals surface area (Å²) in [6.07, 6.45) is 11.2. The van der Waals surface area contributed by atoms with E-state index in [-0.39, 0.29) is 220 Å². The molecule has 12 radical (unpaired) electrons. The van der Waals surface area contributed by atoms with Gasteiger partial charge in [0.25, 0.3) is 11.8 Å². The second kappa shape index (κ2) is 40.8. The maximum absolute atomic E-state index is 12.8. The van der Waals surface area contributed by atoms with Gasteiger partial charge < -0.3 is 57.0 Å². The predicted molar refractivity (Wildman–Crippen MR) is 401 cm³/mol. The number of amides is 2. The van der Waals surface area contributed by atoms with Crippen molar-refractivity contribution < 1.29 is 131 Å². The van der Waals surface area contributed by atoms with E-state index in [4.69, 9.17) is 12.2 Å². The van der Waals surface area contributed by atoms with E-state index in [9.17, 15) is 48.8 Å². The standard InChI is InChI=1S/C24H27N4O2S.C24H20N2O3S.C23H25N4O2.2CH4.3CH3.3B.3Y/c1-6-27-21(29)17(22(30)28(7-2)23(27)31)12-10-11-16(15-25)20-24(3,4)18-13-8-9-14-19(18)26(20)5;1-24(2)18-11-5-6-12-19(18)26(3)23(24)16(15-25)9-8-14-21-22(27)17-10-4-7-13-20(17)30(21,28)29;1-15-25(4)21(28)17(22(29)26(15)5)11-9-10-16(14-24)20-23(2,3)18-12-7-8-13-19(18)27(20)6;;;;;;;;;;;/h8-14,21H,6-7H2,1-5H3;4-14H,1-3H3;7-13,21H,1H2,2-6H3;2*1H4;3*1H3;;;;;;/q-1;;-1;;;3*-1;;;;;;/b11-10+,17-12-,20-16-;9-8+,21-14-,23-16-;10-9+,17-11-,20-16-;;;;;;;;;;;. The summed E-state index contributed by atoms with van der Waals surface area (Å²) in [5.41, 5.74) is 9.90. The number of carbonyl (C=O) groups is 3. The molecule has 0 N–H and O–H groups in total. The van der Waals surface area contributed by atoms with Crippen LogP contribution in [0.2, 0.25) is 0 Å². The molecule has 0 spiro atoms. The molecule has 2 atom stereocenters. The monoisotopic (exact) mass is 1620 g/mol. The Hall–Kier alpha value is -6.17. The number of fused-ring (bicyclic) bond motifs is 4. The average Bonchev–Trinajstić information content (AvgIpc) is 1.61. The summed E-state index contributed by atoms with van der Waals surface area (Å²) < 4.78 is 25.4. The van der Waals surface area contributed by atoms with Gasteiger partial charge in [0.2, 0.25) is 15.6 Å². The van der Waals surface area contributed by atoms with Gasteiger partial charge in [-0.3, -0.25) is 24.2 Å². The van der Waals surface area contributed by atoms with Crippen LogP contribution in [0.1, 0.15) is 97.3 Å². The summed E-state index contributed by atoms with van der Waals surface area (Å²) in [5, 5.41) is 55.1. The van der Waals surface area contributed by atoms with E-state index in [2.05, 4.69) is 78.5 Å². The fourth-order valence-electron chi connectivity index (χ4n) is 12.8. The van der Waals surface area contributed by atoms with E-state index in [0.29, 0.717) is 35.6 Å². The molecule has 2 unspecified atom stereocenters. The molecule has 2 fully saturated rings. The molecule has 101 heavy (non-hydrogen) atoms. The largest absolute Gasteiger partial charge is 0.833 e.